The zero-order chi connectivity index (χ0) is 9.97. The van der Waals surface area contributed by atoms with Crippen LogP contribution in [0, 0.1) is 6.92 Å². The molecular formula is C9H9N5. The molecule has 2 N–H and O–H groups in total. The summed E-state index contributed by atoms with van der Waals surface area (Å²) < 4.78 is 0. The average molecular weight is 187 g/mol. The van der Waals surface area contributed by atoms with Crippen molar-refractivity contribution in [3.8, 4) is 11.3 Å². The zero-order valence-electron chi connectivity index (χ0n) is 7.68. The van der Waals surface area contributed by atoms with Crippen LogP contribution in [0.15, 0.2) is 24.8 Å². The molecule has 0 unspecified atom stereocenters. The summed E-state index contributed by atoms with van der Waals surface area (Å²) in [6, 6.07) is 1.70. The van der Waals surface area contributed by atoms with Gasteiger partial charge in [0.1, 0.15) is 18.0 Å². The highest BCUT2D eigenvalue weighted by atomic mass is 14.9. The van der Waals surface area contributed by atoms with Gasteiger partial charge in [-0.1, -0.05) is 0 Å². The molecule has 5 heteroatoms. The van der Waals surface area contributed by atoms with Gasteiger partial charge in [0.15, 0.2) is 0 Å². The van der Waals surface area contributed by atoms with Gasteiger partial charge in [0, 0.05) is 24.0 Å². The summed E-state index contributed by atoms with van der Waals surface area (Å²) in [7, 11) is 0. The Morgan fingerprint density at radius 3 is 2.50 bits per heavy atom. The molecule has 0 aromatic carbocycles. The number of nitrogen functional groups attached to an aromatic ring is 1. The molecule has 70 valence electrons. The van der Waals surface area contributed by atoms with Crippen molar-refractivity contribution in [1.29, 1.82) is 0 Å². The predicted octanol–water partition coefficient (Wildman–Crippen LogP) is 0.824. The molecule has 0 atom stereocenters. The maximum atomic E-state index is 5.60. The number of nitrogens with two attached hydrogens (primary N) is 1. The second-order valence-corrected chi connectivity index (χ2v) is 2.85. The minimum absolute atomic E-state index is 0.455. The highest BCUT2D eigenvalue weighted by Crippen LogP contribution is 2.15. The molecule has 14 heavy (non-hydrogen) atoms. The molecule has 2 heterocycles. The lowest BCUT2D eigenvalue weighted by Gasteiger charge is -2.01. The largest absolute Gasteiger partial charge is 0.384 e. The van der Waals surface area contributed by atoms with E-state index in [1.54, 1.807) is 25.4 Å². The summed E-state index contributed by atoms with van der Waals surface area (Å²) >= 11 is 0. The van der Waals surface area contributed by atoms with E-state index in [9.17, 15) is 0 Å². The van der Waals surface area contributed by atoms with Gasteiger partial charge in [-0.3, -0.25) is 0 Å². The second kappa shape index (κ2) is 3.37. The van der Waals surface area contributed by atoms with Crippen molar-refractivity contribution in [2.24, 2.45) is 0 Å². The number of hydrogen-bond acceptors (Lipinski definition) is 5. The van der Waals surface area contributed by atoms with Gasteiger partial charge in [0.2, 0.25) is 0 Å². The van der Waals surface area contributed by atoms with Crippen LogP contribution >= 0.6 is 0 Å². The van der Waals surface area contributed by atoms with Crippen LogP contribution in [0.1, 0.15) is 5.82 Å². The molecule has 2 rings (SSSR count). The van der Waals surface area contributed by atoms with Crippen molar-refractivity contribution in [1.82, 2.24) is 19.9 Å². The van der Waals surface area contributed by atoms with Crippen molar-refractivity contribution in [3.05, 3.63) is 30.6 Å². The van der Waals surface area contributed by atoms with E-state index >= 15 is 0 Å². The molecule has 0 saturated carbocycles. The molecule has 5 nitrogen and oxygen atoms in total. The SMILES string of the molecule is Cc1nc(N)cc(-c2cncnc2)n1. The first-order valence-electron chi connectivity index (χ1n) is 4.12. The number of aryl methyl sites for hydroxylation is 1. The minimum atomic E-state index is 0.455. The predicted molar refractivity (Wildman–Crippen MR) is 52.2 cm³/mol. The van der Waals surface area contributed by atoms with Crippen LogP contribution in [-0.2, 0) is 0 Å². The van der Waals surface area contributed by atoms with Gasteiger partial charge in [0.05, 0.1) is 5.69 Å². The Kier molecular flexibility index (Phi) is 2.06. The zero-order valence-corrected chi connectivity index (χ0v) is 7.68. The Labute approximate surface area is 81.1 Å². The van der Waals surface area contributed by atoms with Crippen molar-refractivity contribution in [2.45, 2.75) is 6.92 Å². The van der Waals surface area contributed by atoms with Crippen molar-refractivity contribution in [2.75, 3.05) is 5.73 Å². The maximum Gasteiger partial charge on any atom is 0.128 e. The highest BCUT2D eigenvalue weighted by Gasteiger charge is 2.02. The van der Waals surface area contributed by atoms with Crippen LogP contribution < -0.4 is 5.73 Å². The first-order chi connectivity index (χ1) is 6.75. The topological polar surface area (TPSA) is 77.6 Å². The van der Waals surface area contributed by atoms with Crippen LogP contribution in [0.3, 0.4) is 0 Å². The fourth-order valence-electron chi connectivity index (χ4n) is 1.17. The molecule has 2 aromatic heterocycles. The van der Waals surface area contributed by atoms with Gasteiger partial charge >= 0.3 is 0 Å². The fraction of sp³-hybridized carbons (Fsp3) is 0.111. The Hall–Kier alpha value is -2.04. The lowest BCUT2D eigenvalue weighted by molar-refractivity contribution is 1.06. The number of nitrogens with zero attached hydrogens (tertiary/aromatic N) is 4. The number of hydrogen-bond donors (Lipinski definition) is 1. The first kappa shape index (κ1) is 8.55. The summed E-state index contributed by atoms with van der Waals surface area (Å²) in [5.41, 5.74) is 7.19. The lowest BCUT2D eigenvalue weighted by atomic mass is 10.2. The summed E-state index contributed by atoms with van der Waals surface area (Å²) in [6.45, 7) is 1.80. The first-order valence-corrected chi connectivity index (χ1v) is 4.12. The van der Waals surface area contributed by atoms with Crippen molar-refractivity contribution < 1.29 is 0 Å². The molecule has 0 radical (unpaired) electrons. The normalized spacial score (nSPS) is 10.1. The lowest BCUT2D eigenvalue weighted by Crippen LogP contribution is -1.97. The third-order valence-corrected chi connectivity index (χ3v) is 1.71. The monoisotopic (exact) mass is 187 g/mol. The van der Waals surface area contributed by atoms with Crippen LogP contribution in [-0.4, -0.2) is 19.9 Å². The van der Waals surface area contributed by atoms with Crippen LogP contribution in [0.2, 0.25) is 0 Å². The van der Waals surface area contributed by atoms with E-state index < -0.39 is 0 Å². The van der Waals surface area contributed by atoms with Gasteiger partial charge in [-0.05, 0) is 6.92 Å². The van der Waals surface area contributed by atoms with E-state index in [-0.39, 0.29) is 0 Å². The smallest absolute Gasteiger partial charge is 0.128 e. The molecule has 0 bridgehead atoms. The molecular weight excluding hydrogens is 178 g/mol. The highest BCUT2D eigenvalue weighted by molar-refractivity contribution is 5.59. The molecule has 0 aliphatic heterocycles. The van der Waals surface area contributed by atoms with Crippen molar-refractivity contribution >= 4 is 5.82 Å². The average Bonchev–Trinajstić information content (AvgIpc) is 2.18. The Bertz CT molecular complexity index is 420. The maximum absolute atomic E-state index is 5.60. The second-order valence-electron chi connectivity index (χ2n) is 2.85. The van der Waals surface area contributed by atoms with E-state index in [4.69, 9.17) is 5.73 Å². The Morgan fingerprint density at radius 1 is 1.14 bits per heavy atom. The van der Waals surface area contributed by atoms with Gasteiger partial charge in [0.25, 0.3) is 0 Å². The quantitative estimate of drug-likeness (QED) is 0.715. The number of aromatic nitrogens is 4. The molecule has 2 aromatic rings. The third-order valence-electron chi connectivity index (χ3n) is 1.71. The molecule has 0 saturated heterocycles. The molecule has 0 aliphatic carbocycles. The van der Waals surface area contributed by atoms with E-state index in [1.807, 2.05) is 0 Å². The van der Waals surface area contributed by atoms with E-state index in [0.29, 0.717) is 11.6 Å². The summed E-state index contributed by atoms with van der Waals surface area (Å²) in [6.07, 6.45) is 4.85. The Balaban J connectivity index is 2.52. The summed E-state index contributed by atoms with van der Waals surface area (Å²) in [4.78, 5) is 16.0. The van der Waals surface area contributed by atoms with Gasteiger partial charge in [-0.2, -0.15) is 0 Å². The summed E-state index contributed by atoms with van der Waals surface area (Å²) in [5, 5.41) is 0. The number of anilines is 1. The molecule has 0 aliphatic rings. The molecule has 0 spiro atoms. The van der Waals surface area contributed by atoms with E-state index in [2.05, 4.69) is 19.9 Å². The number of rotatable bonds is 1. The van der Waals surface area contributed by atoms with Crippen LogP contribution in [0.25, 0.3) is 11.3 Å². The van der Waals surface area contributed by atoms with Crippen LogP contribution in [0.5, 0.6) is 0 Å². The van der Waals surface area contributed by atoms with Gasteiger partial charge in [-0.25, -0.2) is 19.9 Å². The minimum Gasteiger partial charge on any atom is -0.384 e. The Morgan fingerprint density at radius 2 is 1.86 bits per heavy atom. The van der Waals surface area contributed by atoms with E-state index in [1.165, 1.54) is 6.33 Å². The fourth-order valence-corrected chi connectivity index (χ4v) is 1.17. The van der Waals surface area contributed by atoms with Gasteiger partial charge < -0.3 is 5.73 Å². The standard InChI is InChI=1S/C9H9N5/c1-6-13-8(2-9(10)14-6)7-3-11-5-12-4-7/h2-5H,1H3,(H2,10,13,14). The van der Waals surface area contributed by atoms with Gasteiger partial charge in [-0.15, -0.1) is 0 Å². The molecule has 0 fully saturated rings. The van der Waals surface area contributed by atoms with Crippen molar-refractivity contribution in [3.63, 3.8) is 0 Å². The van der Waals surface area contributed by atoms with E-state index in [0.717, 1.165) is 11.3 Å². The van der Waals surface area contributed by atoms with Crippen LogP contribution in [0.4, 0.5) is 5.82 Å². The summed E-state index contributed by atoms with van der Waals surface area (Å²) in [5.74, 6) is 1.10. The molecule has 0 amide bonds. The third kappa shape index (κ3) is 1.66.